The average molecular weight is 334 g/mol. The third kappa shape index (κ3) is 3.97. The minimum atomic E-state index is 0.377. The number of hydrogen-bond acceptors (Lipinski definition) is 4. The molecule has 0 saturated carbocycles. The van der Waals surface area contributed by atoms with Crippen LogP contribution in [0.1, 0.15) is 0 Å². The molecule has 1 heterocycles. The Balaban J connectivity index is 1.98. The van der Waals surface area contributed by atoms with Crippen molar-refractivity contribution in [2.24, 2.45) is 0 Å². The van der Waals surface area contributed by atoms with E-state index in [0.29, 0.717) is 26.3 Å². The van der Waals surface area contributed by atoms with Crippen molar-refractivity contribution >= 4 is 63.9 Å². The number of hydrogen-bond donors (Lipinski definition) is 3. The smallest absolute Gasteiger partial charge is 0.225 e. The van der Waals surface area contributed by atoms with Crippen LogP contribution in [0.4, 0.5) is 11.6 Å². The SMILES string of the molecule is CSc1n[nH]c(NC(=S)Nc2ccc(Cl)c(Cl)c2)n1. The van der Waals surface area contributed by atoms with Gasteiger partial charge >= 0.3 is 0 Å². The van der Waals surface area contributed by atoms with Crippen molar-refractivity contribution in [2.45, 2.75) is 5.16 Å². The summed E-state index contributed by atoms with van der Waals surface area (Å²) in [5.74, 6) is 0.474. The molecule has 0 aliphatic carbocycles. The lowest BCUT2D eigenvalue weighted by Gasteiger charge is -2.08. The third-order valence-corrected chi connectivity index (χ3v) is 3.55. The fourth-order valence-electron chi connectivity index (χ4n) is 1.24. The van der Waals surface area contributed by atoms with Crippen molar-refractivity contribution in [3.8, 4) is 0 Å². The Kier molecular flexibility index (Phi) is 4.87. The molecule has 2 aromatic rings. The van der Waals surface area contributed by atoms with E-state index in [1.54, 1.807) is 18.2 Å². The van der Waals surface area contributed by atoms with Gasteiger partial charge in [-0.1, -0.05) is 35.0 Å². The zero-order chi connectivity index (χ0) is 13.8. The maximum Gasteiger partial charge on any atom is 0.225 e. The summed E-state index contributed by atoms with van der Waals surface area (Å²) in [5, 5.41) is 14.5. The van der Waals surface area contributed by atoms with Gasteiger partial charge in [0.1, 0.15) is 0 Å². The average Bonchev–Trinajstić information content (AvgIpc) is 2.81. The number of thiocarbonyl (C=S) groups is 1. The lowest BCUT2D eigenvalue weighted by atomic mass is 10.3. The van der Waals surface area contributed by atoms with Crippen molar-refractivity contribution in [1.29, 1.82) is 0 Å². The predicted molar refractivity (Wildman–Crippen MR) is 84.5 cm³/mol. The molecule has 0 spiro atoms. The summed E-state index contributed by atoms with van der Waals surface area (Å²) in [6, 6.07) is 5.15. The first-order chi connectivity index (χ1) is 9.08. The third-order valence-electron chi connectivity index (χ3n) is 2.06. The second kappa shape index (κ2) is 6.42. The monoisotopic (exact) mass is 333 g/mol. The molecule has 0 radical (unpaired) electrons. The Hall–Kier alpha value is -1.02. The molecule has 3 N–H and O–H groups in total. The molecule has 1 aromatic carbocycles. The quantitative estimate of drug-likeness (QED) is 0.588. The van der Waals surface area contributed by atoms with Gasteiger partial charge in [-0.2, -0.15) is 4.98 Å². The number of aromatic nitrogens is 3. The second-order valence-electron chi connectivity index (χ2n) is 3.38. The van der Waals surface area contributed by atoms with Crippen molar-refractivity contribution in [2.75, 3.05) is 16.9 Å². The number of thioether (sulfide) groups is 1. The van der Waals surface area contributed by atoms with Gasteiger partial charge in [0.05, 0.1) is 10.0 Å². The van der Waals surface area contributed by atoms with Gasteiger partial charge in [-0.3, -0.25) is 0 Å². The number of benzene rings is 1. The van der Waals surface area contributed by atoms with Crippen molar-refractivity contribution in [1.82, 2.24) is 15.2 Å². The van der Waals surface area contributed by atoms with E-state index in [-0.39, 0.29) is 0 Å². The van der Waals surface area contributed by atoms with Crippen LogP contribution in [0, 0.1) is 0 Å². The van der Waals surface area contributed by atoms with Crippen LogP contribution in [0.15, 0.2) is 23.4 Å². The number of anilines is 2. The normalized spacial score (nSPS) is 10.3. The van der Waals surface area contributed by atoms with Crippen LogP contribution in [-0.2, 0) is 0 Å². The van der Waals surface area contributed by atoms with E-state index in [2.05, 4.69) is 25.8 Å². The minimum absolute atomic E-state index is 0.377. The summed E-state index contributed by atoms with van der Waals surface area (Å²) in [7, 11) is 0. The van der Waals surface area contributed by atoms with Gasteiger partial charge in [-0.05, 0) is 36.7 Å². The molecular weight excluding hydrogens is 325 g/mol. The molecule has 5 nitrogen and oxygen atoms in total. The Morgan fingerprint density at radius 1 is 1.32 bits per heavy atom. The molecule has 9 heteroatoms. The summed E-state index contributed by atoms with van der Waals surface area (Å²) in [6.45, 7) is 0. The summed E-state index contributed by atoms with van der Waals surface area (Å²) in [6.07, 6.45) is 1.89. The van der Waals surface area contributed by atoms with Crippen LogP contribution in [0.3, 0.4) is 0 Å². The number of aromatic amines is 1. The van der Waals surface area contributed by atoms with Gasteiger partial charge in [0.2, 0.25) is 11.1 Å². The van der Waals surface area contributed by atoms with E-state index in [0.717, 1.165) is 5.69 Å². The minimum Gasteiger partial charge on any atom is -0.332 e. The Morgan fingerprint density at radius 3 is 2.74 bits per heavy atom. The van der Waals surface area contributed by atoms with Crippen LogP contribution in [0.2, 0.25) is 10.0 Å². The van der Waals surface area contributed by atoms with Gasteiger partial charge in [0, 0.05) is 5.69 Å². The van der Waals surface area contributed by atoms with Gasteiger partial charge in [0.15, 0.2) is 5.11 Å². The van der Waals surface area contributed by atoms with E-state index in [1.165, 1.54) is 11.8 Å². The lowest BCUT2D eigenvalue weighted by Crippen LogP contribution is -2.19. The van der Waals surface area contributed by atoms with Gasteiger partial charge in [-0.15, -0.1) is 5.10 Å². The molecule has 0 fully saturated rings. The summed E-state index contributed by atoms with van der Waals surface area (Å²) in [5.41, 5.74) is 0.733. The molecule has 0 amide bonds. The summed E-state index contributed by atoms with van der Waals surface area (Å²) in [4.78, 5) is 4.15. The highest BCUT2D eigenvalue weighted by Crippen LogP contribution is 2.25. The van der Waals surface area contributed by atoms with Gasteiger partial charge in [0.25, 0.3) is 0 Å². The molecule has 0 aliphatic heterocycles. The highest BCUT2D eigenvalue weighted by molar-refractivity contribution is 7.98. The van der Waals surface area contributed by atoms with Crippen LogP contribution >= 0.6 is 47.2 Å². The van der Waals surface area contributed by atoms with Gasteiger partial charge in [-0.25, -0.2) is 5.10 Å². The fraction of sp³-hybridized carbons (Fsp3) is 0.100. The van der Waals surface area contributed by atoms with E-state index in [1.807, 2.05) is 6.26 Å². The van der Waals surface area contributed by atoms with Crippen molar-refractivity contribution < 1.29 is 0 Å². The highest BCUT2D eigenvalue weighted by atomic mass is 35.5. The lowest BCUT2D eigenvalue weighted by molar-refractivity contribution is 0.976. The molecule has 19 heavy (non-hydrogen) atoms. The first-order valence-electron chi connectivity index (χ1n) is 5.08. The number of halogens is 2. The van der Waals surface area contributed by atoms with Crippen LogP contribution in [0.5, 0.6) is 0 Å². The van der Waals surface area contributed by atoms with E-state index in [4.69, 9.17) is 35.4 Å². The summed E-state index contributed by atoms with van der Waals surface area (Å²) < 4.78 is 0. The zero-order valence-corrected chi connectivity index (χ0v) is 12.8. The largest absolute Gasteiger partial charge is 0.332 e. The van der Waals surface area contributed by atoms with E-state index < -0.39 is 0 Å². The topological polar surface area (TPSA) is 65.6 Å². The molecule has 0 unspecified atom stereocenters. The Bertz CT molecular complexity index is 601. The first kappa shape index (κ1) is 14.4. The maximum atomic E-state index is 5.91. The van der Waals surface area contributed by atoms with Crippen molar-refractivity contribution in [3.63, 3.8) is 0 Å². The molecule has 0 aliphatic rings. The number of nitrogens with zero attached hydrogens (tertiary/aromatic N) is 2. The first-order valence-corrected chi connectivity index (χ1v) is 7.47. The molecular formula is C10H9Cl2N5S2. The number of rotatable bonds is 3. The van der Waals surface area contributed by atoms with Crippen molar-refractivity contribution in [3.05, 3.63) is 28.2 Å². The fourth-order valence-corrected chi connectivity index (χ4v) is 2.07. The maximum absolute atomic E-state index is 5.91. The van der Waals surface area contributed by atoms with Gasteiger partial charge < -0.3 is 10.6 Å². The highest BCUT2D eigenvalue weighted by Gasteiger charge is 2.05. The van der Waals surface area contributed by atoms with E-state index >= 15 is 0 Å². The molecule has 0 atom stereocenters. The Labute approximate surface area is 129 Å². The van der Waals surface area contributed by atoms with E-state index in [9.17, 15) is 0 Å². The Morgan fingerprint density at radius 2 is 2.11 bits per heavy atom. The second-order valence-corrected chi connectivity index (χ2v) is 5.37. The molecule has 1 aromatic heterocycles. The van der Waals surface area contributed by atoms with Crippen LogP contribution in [-0.4, -0.2) is 26.5 Å². The molecule has 0 bridgehead atoms. The molecule has 0 saturated heterocycles. The molecule has 100 valence electrons. The number of nitrogens with one attached hydrogen (secondary N) is 3. The molecule has 2 rings (SSSR count). The van der Waals surface area contributed by atoms with Crippen LogP contribution < -0.4 is 10.6 Å². The summed E-state index contributed by atoms with van der Waals surface area (Å²) >= 11 is 18.3. The predicted octanol–water partition coefficient (Wildman–Crippen LogP) is 3.64. The zero-order valence-electron chi connectivity index (χ0n) is 9.70. The van der Waals surface area contributed by atoms with Crippen LogP contribution in [0.25, 0.3) is 0 Å². The standard InChI is InChI=1S/C10H9Cl2N5S2/c1-19-10-15-8(16-17-10)14-9(18)13-5-2-3-6(11)7(12)4-5/h2-4H,1H3,(H3,13,14,15,16,17,18). The number of H-pyrrole nitrogens is 1.